The quantitative estimate of drug-likeness (QED) is 0.481. The number of hydrogen-bond donors (Lipinski definition) is 0. The van der Waals surface area contributed by atoms with Crippen LogP contribution in [0.5, 0.6) is 5.75 Å². The van der Waals surface area contributed by atoms with E-state index in [2.05, 4.69) is 0 Å². The second-order valence-electron chi connectivity index (χ2n) is 6.65. The van der Waals surface area contributed by atoms with E-state index in [1.807, 2.05) is 32.0 Å². The van der Waals surface area contributed by atoms with E-state index in [4.69, 9.17) is 4.74 Å². The summed E-state index contributed by atoms with van der Waals surface area (Å²) in [5, 5.41) is 0. The fraction of sp³-hybridized carbons (Fsp3) is 0.286. The number of hydrogen-bond acceptors (Lipinski definition) is 4. The molecule has 0 aromatic heterocycles. The van der Waals surface area contributed by atoms with E-state index in [1.165, 1.54) is 6.92 Å². The fourth-order valence-electron chi connectivity index (χ4n) is 3.27. The zero-order chi connectivity index (χ0) is 18.8. The predicted octanol–water partition coefficient (Wildman–Crippen LogP) is 3.46. The van der Waals surface area contributed by atoms with Crippen molar-refractivity contribution in [3.8, 4) is 5.75 Å². The lowest BCUT2D eigenvalue weighted by Crippen LogP contribution is -2.28. The van der Waals surface area contributed by atoms with Crippen molar-refractivity contribution in [3.63, 3.8) is 0 Å². The van der Waals surface area contributed by atoms with Gasteiger partial charge in [0, 0.05) is 24.2 Å². The van der Waals surface area contributed by atoms with Crippen molar-refractivity contribution in [2.24, 2.45) is 5.92 Å². The Balaban J connectivity index is 1.72. The highest BCUT2D eigenvalue weighted by Crippen LogP contribution is 2.31. The third-order valence-electron chi connectivity index (χ3n) is 4.65. The van der Waals surface area contributed by atoms with Crippen molar-refractivity contribution < 1.29 is 19.1 Å². The number of nitrogens with zero attached hydrogens (tertiary/aromatic N) is 1. The summed E-state index contributed by atoms with van der Waals surface area (Å²) in [5.74, 6) is -0.681. The number of ketones is 1. The number of para-hydroxylation sites is 1. The van der Waals surface area contributed by atoms with Crippen LogP contribution in [0.1, 0.15) is 34.8 Å². The molecule has 0 saturated carbocycles. The summed E-state index contributed by atoms with van der Waals surface area (Å²) in [7, 11) is 0. The van der Waals surface area contributed by atoms with E-state index in [0.29, 0.717) is 17.9 Å². The van der Waals surface area contributed by atoms with Gasteiger partial charge in [0.2, 0.25) is 5.91 Å². The van der Waals surface area contributed by atoms with Gasteiger partial charge in [-0.25, -0.2) is 0 Å². The van der Waals surface area contributed by atoms with Crippen LogP contribution >= 0.6 is 0 Å². The maximum atomic E-state index is 12.5. The molecule has 1 fully saturated rings. The first-order valence-corrected chi connectivity index (χ1v) is 8.56. The highest BCUT2D eigenvalue weighted by Gasteiger charge is 2.37. The summed E-state index contributed by atoms with van der Waals surface area (Å²) < 4.78 is 5.40. The fourth-order valence-corrected chi connectivity index (χ4v) is 3.27. The Kier molecular flexibility index (Phi) is 4.89. The van der Waals surface area contributed by atoms with Crippen LogP contribution in [0, 0.1) is 19.8 Å². The molecule has 1 aliphatic rings. The van der Waals surface area contributed by atoms with Gasteiger partial charge in [0.15, 0.2) is 5.78 Å². The van der Waals surface area contributed by atoms with Crippen LogP contribution in [-0.2, 0) is 9.59 Å². The van der Waals surface area contributed by atoms with Gasteiger partial charge in [-0.3, -0.25) is 14.4 Å². The van der Waals surface area contributed by atoms with Gasteiger partial charge < -0.3 is 9.64 Å². The number of rotatable bonds is 4. The second-order valence-corrected chi connectivity index (χ2v) is 6.65. The molecule has 1 heterocycles. The Hall–Kier alpha value is -2.95. The summed E-state index contributed by atoms with van der Waals surface area (Å²) in [6.45, 7) is 5.71. The number of anilines is 1. The molecular formula is C21H21NO4. The van der Waals surface area contributed by atoms with Gasteiger partial charge in [0.1, 0.15) is 5.75 Å². The van der Waals surface area contributed by atoms with Crippen LogP contribution in [0.4, 0.5) is 5.69 Å². The van der Waals surface area contributed by atoms with E-state index >= 15 is 0 Å². The summed E-state index contributed by atoms with van der Waals surface area (Å²) in [6, 6.07) is 12.3. The predicted molar refractivity (Wildman–Crippen MR) is 98.5 cm³/mol. The first-order chi connectivity index (χ1) is 12.4. The van der Waals surface area contributed by atoms with Crippen LogP contribution in [0.15, 0.2) is 42.5 Å². The lowest BCUT2D eigenvalue weighted by atomic mass is 10.1. The Morgan fingerprint density at radius 1 is 1.04 bits per heavy atom. The molecule has 0 radical (unpaired) electrons. The SMILES string of the molecule is CC(=O)c1ccc(OC(=O)[C@H]2CC(=O)N(c3c(C)cccc3C)C2)cc1. The second kappa shape index (κ2) is 7.12. The lowest BCUT2D eigenvalue weighted by molar-refractivity contribution is -0.139. The molecule has 0 N–H and O–H groups in total. The minimum absolute atomic E-state index is 0.0477. The third kappa shape index (κ3) is 3.52. The van der Waals surface area contributed by atoms with E-state index in [-0.39, 0.29) is 18.1 Å². The first-order valence-electron chi connectivity index (χ1n) is 8.56. The Morgan fingerprint density at radius 3 is 2.23 bits per heavy atom. The minimum Gasteiger partial charge on any atom is -0.426 e. The van der Waals surface area contributed by atoms with Crippen molar-refractivity contribution in [2.75, 3.05) is 11.4 Å². The number of amides is 1. The molecule has 0 bridgehead atoms. The van der Waals surface area contributed by atoms with Crippen molar-refractivity contribution >= 4 is 23.3 Å². The normalized spacial score (nSPS) is 16.7. The largest absolute Gasteiger partial charge is 0.426 e. The Morgan fingerprint density at radius 2 is 1.65 bits per heavy atom. The molecule has 0 aliphatic carbocycles. The number of esters is 1. The lowest BCUT2D eigenvalue weighted by Gasteiger charge is -2.21. The van der Waals surface area contributed by atoms with Gasteiger partial charge in [-0.15, -0.1) is 0 Å². The average Bonchev–Trinajstić information content (AvgIpc) is 2.97. The highest BCUT2D eigenvalue weighted by molar-refractivity contribution is 6.01. The highest BCUT2D eigenvalue weighted by atomic mass is 16.5. The molecule has 1 amide bonds. The van der Waals surface area contributed by atoms with Gasteiger partial charge >= 0.3 is 5.97 Å². The maximum absolute atomic E-state index is 12.5. The van der Waals surface area contributed by atoms with Crippen molar-refractivity contribution in [1.82, 2.24) is 0 Å². The number of aryl methyl sites for hydroxylation is 2. The minimum atomic E-state index is -0.506. The van der Waals surface area contributed by atoms with Crippen LogP contribution in [0.25, 0.3) is 0 Å². The average molecular weight is 351 g/mol. The van der Waals surface area contributed by atoms with E-state index in [9.17, 15) is 14.4 Å². The number of benzene rings is 2. The number of carbonyl (C=O) groups excluding carboxylic acids is 3. The van der Waals surface area contributed by atoms with Crippen LogP contribution < -0.4 is 9.64 Å². The summed E-state index contributed by atoms with van der Waals surface area (Å²) in [5.41, 5.74) is 3.44. The molecule has 5 nitrogen and oxygen atoms in total. The summed E-state index contributed by atoms with van der Waals surface area (Å²) >= 11 is 0. The van der Waals surface area contributed by atoms with E-state index < -0.39 is 11.9 Å². The van der Waals surface area contributed by atoms with Gasteiger partial charge in [-0.05, 0) is 56.2 Å². The molecule has 2 aromatic rings. The topological polar surface area (TPSA) is 63.7 Å². The molecule has 5 heteroatoms. The Bertz CT molecular complexity index is 850. The molecule has 3 rings (SSSR count). The maximum Gasteiger partial charge on any atom is 0.316 e. The first kappa shape index (κ1) is 17.9. The van der Waals surface area contributed by atoms with Gasteiger partial charge in [-0.1, -0.05) is 18.2 Å². The Labute approximate surface area is 152 Å². The summed E-state index contributed by atoms with van der Waals surface area (Å²) in [4.78, 5) is 37.9. The van der Waals surface area contributed by atoms with Crippen LogP contribution in [0.2, 0.25) is 0 Å². The van der Waals surface area contributed by atoms with E-state index in [1.54, 1.807) is 29.2 Å². The van der Waals surface area contributed by atoms with E-state index in [0.717, 1.165) is 16.8 Å². The molecule has 134 valence electrons. The van der Waals surface area contributed by atoms with Crippen molar-refractivity contribution in [3.05, 3.63) is 59.2 Å². The van der Waals surface area contributed by atoms with Crippen LogP contribution in [0.3, 0.4) is 0 Å². The zero-order valence-corrected chi connectivity index (χ0v) is 15.1. The number of Topliss-reactive ketones (excluding diaryl/α,β-unsaturated/α-hetero) is 1. The van der Waals surface area contributed by atoms with Crippen molar-refractivity contribution in [2.45, 2.75) is 27.2 Å². The molecule has 0 unspecified atom stereocenters. The number of ether oxygens (including phenoxy) is 1. The molecule has 1 atom stereocenters. The van der Waals surface area contributed by atoms with Crippen molar-refractivity contribution in [1.29, 1.82) is 0 Å². The van der Waals surface area contributed by atoms with Gasteiger partial charge in [0.05, 0.1) is 5.92 Å². The third-order valence-corrected chi connectivity index (χ3v) is 4.65. The molecule has 0 spiro atoms. The summed E-state index contributed by atoms with van der Waals surface area (Å²) in [6.07, 6.45) is 0.137. The van der Waals surface area contributed by atoms with Crippen LogP contribution in [-0.4, -0.2) is 24.2 Å². The van der Waals surface area contributed by atoms with Gasteiger partial charge in [-0.2, -0.15) is 0 Å². The molecular weight excluding hydrogens is 330 g/mol. The number of carbonyl (C=O) groups is 3. The molecule has 1 saturated heterocycles. The van der Waals surface area contributed by atoms with Gasteiger partial charge in [0.25, 0.3) is 0 Å². The molecule has 26 heavy (non-hydrogen) atoms. The monoisotopic (exact) mass is 351 g/mol. The standard InChI is InChI=1S/C21H21NO4/c1-13-5-4-6-14(2)20(13)22-12-17(11-19(22)24)21(25)26-18-9-7-16(8-10-18)15(3)23/h4-10,17H,11-12H2,1-3H3/t17-/m0/s1. The molecule has 1 aliphatic heterocycles. The zero-order valence-electron chi connectivity index (χ0n) is 15.1. The molecule has 2 aromatic carbocycles. The smallest absolute Gasteiger partial charge is 0.316 e.